The Balaban J connectivity index is 1.59. The first kappa shape index (κ1) is 30.0. The molecule has 3 rings (SSSR count). The van der Waals surface area contributed by atoms with E-state index in [1.54, 1.807) is 36.2 Å². The van der Waals surface area contributed by atoms with Crippen LogP contribution in [-0.2, 0) is 32.3 Å². The molecule has 0 aliphatic heterocycles. The Kier molecular flexibility index (Phi) is 12.2. The molecule has 1 fully saturated rings. The largest absolute Gasteiger partial charge is 0.443 e. The van der Waals surface area contributed by atoms with Gasteiger partial charge in [-0.1, -0.05) is 86.2 Å². The summed E-state index contributed by atoms with van der Waals surface area (Å²) < 4.78 is 5.25. The molecule has 39 heavy (non-hydrogen) atoms. The fourth-order valence-electron chi connectivity index (χ4n) is 4.61. The average Bonchev–Trinajstić information content (AvgIpc) is 2.94. The molecule has 2 aromatic rings. The van der Waals surface area contributed by atoms with Gasteiger partial charge in [-0.05, 0) is 42.0 Å². The van der Waals surface area contributed by atoms with Gasteiger partial charge in [-0.2, -0.15) is 4.99 Å². The van der Waals surface area contributed by atoms with Crippen molar-refractivity contribution >= 4 is 41.5 Å². The summed E-state index contributed by atoms with van der Waals surface area (Å²) in [6, 6.07) is 15.6. The third kappa shape index (κ3) is 10.6. The van der Waals surface area contributed by atoms with E-state index in [4.69, 9.17) is 16.3 Å². The zero-order valence-electron chi connectivity index (χ0n) is 22.3. The van der Waals surface area contributed by atoms with Crippen molar-refractivity contribution in [3.8, 4) is 0 Å². The van der Waals surface area contributed by atoms with Crippen LogP contribution in [0.3, 0.4) is 0 Å². The fraction of sp³-hybridized carbons (Fsp3) is 0.433. The third-order valence-electron chi connectivity index (χ3n) is 6.78. The zero-order chi connectivity index (χ0) is 28.0. The fourth-order valence-corrected chi connectivity index (χ4v) is 4.82. The molecule has 1 atom stereocenters. The highest BCUT2D eigenvalue weighted by atomic mass is 35.5. The van der Waals surface area contributed by atoms with Crippen molar-refractivity contribution in [2.24, 2.45) is 10.9 Å². The molecule has 3 amide bonds. The number of nitrogens with zero attached hydrogens (tertiary/aromatic N) is 2. The molecule has 0 heterocycles. The second kappa shape index (κ2) is 15.8. The highest BCUT2D eigenvalue weighted by molar-refractivity contribution is 6.40. The molecule has 0 spiro atoms. The lowest BCUT2D eigenvalue weighted by Crippen LogP contribution is -2.42. The number of carbonyl (C=O) groups excluding carboxylic acids is 4. The minimum Gasteiger partial charge on any atom is -0.443 e. The van der Waals surface area contributed by atoms with Gasteiger partial charge >= 0.3 is 6.09 Å². The Hall–Kier alpha value is -3.52. The van der Waals surface area contributed by atoms with Crippen molar-refractivity contribution in [1.82, 2.24) is 10.2 Å². The number of benzene rings is 2. The van der Waals surface area contributed by atoms with Gasteiger partial charge in [-0.25, -0.2) is 4.79 Å². The lowest BCUT2D eigenvalue weighted by atomic mass is 9.85. The first-order valence-electron chi connectivity index (χ1n) is 13.4. The van der Waals surface area contributed by atoms with Gasteiger partial charge in [-0.15, -0.1) is 0 Å². The summed E-state index contributed by atoms with van der Waals surface area (Å²) in [6.45, 7) is 0.421. The van der Waals surface area contributed by atoms with Crippen molar-refractivity contribution in [1.29, 1.82) is 0 Å². The summed E-state index contributed by atoms with van der Waals surface area (Å²) in [6.07, 6.45) is 5.45. The number of nitrogens with one attached hydrogen (secondary N) is 1. The maximum atomic E-state index is 13.1. The molecule has 0 bridgehead atoms. The van der Waals surface area contributed by atoms with Crippen LogP contribution in [0, 0.1) is 5.92 Å². The van der Waals surface area contributed by atoms with Crippen LogP contribution in [0.1, 0.15) is 62.5 Å². The maximum Gasteiger partial charge on any atom is 0.434 e. The maximum absolute atomic E-state index is 13.1. The van der Waals surface area contributed by atoms with Crippen LogP contribution in [0.4, 0.5) is 4.79 Å². The number of rotatable bonds is 12. The van der Waals surface area contributed by atoms with Crippen molar-refractivity contribution < 1.29 is 23.9 Å². The van der Waals surface area contributed by atoms with Crippen LogP contribution in [0.5, 0.6) is 0 Å². The number of aliphatic imine (C=N–C) groups is 1. The van der Waals surface area contributed by atoms with Gasteiger partial charge in [0, 0.05) is 25.0 Å². The molecule has 208 valence electrons. The standard InChI is InChI=1S/C30H36ClN3O5/c1-34(19-23-11-6-3-7-12-23)28(36)16-15-26(20-35)32-29(37)27(18-22-9-4-2-5-10-22)33-30(38)39-21-24-13-8-14-25(31)17-24/h3,6-8,11-14,17,20,22,26H,2,4-5,9-10,15-16,18-19,21H2,1H3,(H,32,37)/b33-27+/t26-/m0/s1. The SMILES string of the molecule is CN(Cc1ccccc1)C(=O)CC[C@@H](C=O)NC(=O)/C(CC1CCCCC1)=N/C(=O)OCc1cccc(Cl)c1. The van der Waals surface area contributed by atoms with Gasteiger partial charge in [0.2, 0.25) is 5.91 Å². The van der Waals surface area contributed by atoms with E-state index in [1.807, 2.05) is 30.3 Å². The molecule has 0 aromatic heterocycles. The van der Waals surface area contributed by atoms with E-state index >= 15 is 0 Å². The third-order valence-corrected chi connectivity index (χ3v) is 7.02. The molecular formula is C30H36ClN3O5. The van der Waals surface area contributed by atoms with Gasteiger partial charge < -0.3 is 19.7 Å². The number of ether oxygens (including phenoxy) is 1. The van der Waals surface area contributed by atoms with Gasteiger partial charge in [0.1, 0.15) is 18.6 Å². The number of carbonyl (C=O) groups is 4. The van der Waals surface area contributed by atoms with E-state index in [0.29, 0.717) is 29.8 Å². The highest BCUT2D eigenvalue weighted by Gasteiger charge is 2.24. The molecule has 2 aromatic carbocycles. The van der Waals surface area contributed by atoms with E-state index in [-0.39, 0.29) is 37.0 Å². The minimum atomic E-state index is -0.884. The summed E-state index contributed by atoms with van der Waals surface area (Å²) in [5, 5.41) is 3.18. The van der Waals surface area contributed by atoms with Crippen molar-refractivity contribution in [3.05, 3.63) is 70.7 Å². The van der Waals surface area contributed by atoms with Gasteiger partial charge in [0.25, 0.3) is 5.91 Å². The Morgan fingerprint density at radius 1 is 1.08 bits per heavy atom. The molecule has 0 saturated heterocycles. The molecule has 0 radical (unpaired) electrons. The Morgan fingerprint density at radius 3 is 2.49 bits per heavy atom. The summed E-state index contributed by atoms with van der Waals surface area (Å²) in [5.74, 6) is -0.505. The smallest absolute Gasteiger partial charge is 0.434 e. The topological polar surface area (TPSA) is 105 Å². The zero-order valence-corrected chi connectivity index (χ0v) is 23.1. The minimum absolute atomic E-state index is 0.0310. The van der Waals surface area contributed by atoms with E-state index in [1.165, 1.54) is 0 Å². The molecule has 1 aliphatic carbocycles. The summed E-state index contributed by atoms with van der Waals surface area (Å²) in [7, 11) is 1.70. The van der Waals surface area contributed by atoms with Crippen LogP contribution in [-0.4, -0.2) is 47.9 Å². The van der Waals surface area contributed by atoms with Crippen molar-refractivity contribution in [2.45, 2.75) is 70.6 Å². The van der Waals surface area contributed by atoms with Crippen LogP contribution in [0.15, 0.2) is 59.6 Å². The summed E-state index contributed by atoms with van der Waals surface area (Å²) >= 11 is 5.98. The van der Waals surface area contributed by atoms with E-state index in [9.17, 15) is 19.2 Å². The van der Waals surface area contributed by atoms with Crippen LogP contribution in [0.25, 0.3) is 0 Å². The number of halogens is 1. The van der Waals surface area contributed by atoms with Gasteiger partial charge in [0.05, 0.1) is 6.04 Å². The van der Waals surface area contributed by atoms with E-state index in [2.05, 4.69) is 10.3 Å². The Labute approximate surface area is 234 Å². The first-order valence-corrected chi connectivity index (χ1v) is 13.7. The lowest BCUT2D eigenvalue weighted by Gasteiger charge is -2.22. The quantitative estimate of drug-likeness (QED) is 0.275. The number of aldehydes is 1. The monoisotopic (exact) mass is 553 g/mol. The van der Waals surface area contributed by atoms with Crippen LogP contribution >= 0.6 is 11.6 Å². The van der Waals surface area contributed by atoms with Gasteiger partial charge in [0.15, 0.2) is 0 Å². The lowest BCUT2D eigenvalue weighted by molar-refractivity contribution is -0.131. The molecule has 0 unspecified atom stereocenters. The molecule has 1 N–H and O–H groups in total. The highest BCUT2D eigenvalue weighted by Crippen LogP contribution is 2.27. The Morgan fingerprint density at radius 2 is 1.79 bits per heavy atom. The van der Waals surface area contributed by atoms with Crippen molar-refractivity contribution in [2.75, 3.05) is 7.05 Å². The first-order chi connectivity index (χ1) is 18.8. The van der Waals surface area contributed by atoms with Crippen LogP contribution < -0.4 is 5.32 Å². The molecule has 8 nitrogen and oxygen atoms in total. The summed E-state index contributed by atoms with van der Waals surface area (Å²) in [4.78, 5) is 55.6. The predicted octanol–water partition coefficient (Wildman–Crippen LogP) is 5.51. The van der Waals surface area contributed by atoms with E-state index in [0.717, 1.165) is 37.7 Å². The van der Waals surface area contributed by atoms with Crippen LogP contribution in [0.2, 0.25) is 5.02 Å². The van der Waals surface area contributed by atoms with Gasteiger partial charge in [-0.3, -0.25) is 9.59 Å². The Bertz CT molecular complexity index is 1150. The predicted molar refractivity (Wildman–Crippen MR) is 150 cm³/mol. The van der Waals surface area contributed by atoms with E-state index < -0.39 is 18.0 Å². The number of hydrogen-bond acceptors (Lipinski definition) is 5. The normalized spacial score (nSPS) is 14.8. The molecular weight excluding hydrogens is 518 g/mol. The second-order valence-corrected chi connectivity index (χ2v) is 10.4. The average molecular weight is 554 g/mol. The second-order valence-electron chi connectivity index (χ2n) is 9.94. The molecule has 1 aliphatic rings. The summed E-state index contributed by atoms with van der Waals surface area (Å²) in [5.41, 5.74) is 1.74. The molecule has 1 saturated carbocycles. The number of hydrogen-bond donors (Lipinski definition) is 1. The molecule has 9 heteroatoms. The number of amides is 3. The van der Waals surface area contributed by atoms with Crippen molar-refractivity contribution in [3.63, 3.8) is 0 Å².